The Morgan fingerprint density at radius 1 is 1.05 bits per heavy atom. The van der Waals surface area contributed by atoms with E-state index < -0.39 is 17.5 Å². The number of rotatable bonds is 3. The Balaban J connectivity index is 2.02. The molecule has 0 fully saturated rings. The first-order chi connectivity index (χ1) is 10.6. The Labute approximate surface area is 126 Å². The summed E-state index contributed by atoms with van der Waals surface area (Å²) in [5.41, 5.74) is 1.26. The largest absolute Gasteiger partial charge is 0.395 e. The van der Waals surface area contributed by atoms with Gasteiger partial charge in [0.1, 0.15) is 23.1 Å². The van der Waals surface area contributed by atoms with E-state index in [2.05, 4.69) is 0 Å². The minimum atomic E-state index is -0.663. The Kier molecular flexibility index (Phi) is 3.94. The van der Waals surface area contributed by atoms with Crippen LogP contribution in [-0.2, 0) is 6.54 Å². The Morgan fingerprint density at radius 2 is 1.77 bits per heavy atom. The molecule has 0 radical (unpaired) electrons. The van der Waals surface area contributed by atoms with Crippen LogP contribution in [0.5, 0.6) is 0 Å². The van der Waals surface area contributed by atoms with Gasteiger partial charge in [0, 0.05) is 18.8 Å². The lowest BCUT2D eigenvalue weighted by Crippen LogP contribution is -2.44. The number of β-amino-alcohol motifs (C(OH)–C–C–N with tert-alkyl or cyclic N) is 1. The predicted molar refractivity (Wildman–Crippen MR) is 78.2 cm³/mol. The number of hydrogen-bond acceptors (Lipinski definition) is 3. The molecule has 0 saturated heterocycles. The van der Waals surface area contributed by atoms with E-state index >= 15 is 0 Å². The molecule has 0 aromatic heterocycles. The van der Waals surface area contributed by atoms with E-state index in [0.717, 1.165) is 5.69 Å². The Hall–Kier alpha value is -2.21. The number of benzene rings is 2. The van der Waals surface area contributed by atoms with Gasteiger partial charge in [-0.25, -0.2) is 13.2 Å². The van der Waals surface area contributed by atoms with Crippen LogP contribution in [-0.4, -0.2) is 24.9 Å². The highest BCUT2D eigenvalue weighted by Gasteiger charge is 2.26. The molecular formula is C16H15F3N2O. The molecule has 0 bridgehead atoms. The zero-order valence-corrected chi connectivity index (χ0v) is 11.8. The maximum atomic E-state index is 14.0. The molecular weight excluding hydrogens is 293 g/mol. The van der Waals surface area contributed by atoms with Crippen LogP contribution in [0.1, 0.15) is 5.56 Å². The number of aliphatic hydroxyl groups excluding tert-OH is 1. The fourth-order valence-corrected chi connectivity index (χ4v) is 2.78. The molecule has 1 aliphatic heterocycles. The van der Waals surface area contributed by atoms with Gasteiger partial charge in [0.25, 0.3) is 0 Å². The fraction of sp³-hybridized carbons (Fsp3) is 0.250. The highest BCUT2D eigenvalue weighted by molar-refractivity contribution is 5.62. The normalized spacial score (nSPS) is 14.2. The topological polar surface area (TPSA) is 26.7 Å². The SMILES string of the molecule is OCCN1CN(c2c(F)cccc2F)Cc2cc(F)ccc21. The van der Waals surface area contributed by atoms with Crippen molar-refractivity contribution >= 4 is 11.4 Å². The van der Waals surface area contributed by atoms with Gasteiger partial charge in [-0.05, 0) is 35.9 Å². The summed E-state index contributed by atoms with van der Waals surface area (Å²) in [5, 5.41) is 9.18. The average Bonchev–Trinajstić information content (AvgIpc) is 2.47. The highest BCUT2D eigenvalue weighted by atomic mass is 19.1. The smallest absolute Gasteiger partial charge is 0.149 e. The number of hydrogen-bond donors (Lipinski definition) is 1. The van der Waals surface area contributed by atoms with E-state index in [-0.39, 0.29) is 25.5 Å². The van der Waals surface area contributed by atoms with Crippen LogP contribution < -0.4 is 9.80 Å². The fourth-order valence-electron chi connectivity index (χ4n) is 2.78. The van der Waals surface area contributed by atoms with Gasteiger partial charge >= 0.3 is 0 Å². The molecule has 2 aromatic rings. The number of anilines is 2. The van der Waals surface area contributed by atoms with Crippen molar-refractivity contribution in [3.05, 3.63) is 59.4 Å². The molecule has 0 amide bonds. The number of para-hydroxylation sites is 1. The summed E-state index contributed by atoms with van der Waals surface area (Å²) in [6.07, 6.45) is 0. The van der Waals surface area contributed by atoms with Crippen LogP contribution in [0.4, 0.5) is 24.5 Å². The summed E-state index contributed by atoms with van der Waals surface area (Å²) in [6, 6.07) is 7.99. The first-order valence-electron chi connectivity index (χ1n) is 6.93. The summed E-state index contributed by atoms with van der Waals surface area (Å²) in [5.74, 6) is -1.73. The highest BCUT2D eigenvalue weighted by Crippen LogP contribution is 2.33. The van der Waals surface area contributed by atoms with Gasteiger partial charge in [0.05, 0.1) is 13.3 Å². The minimum absolute atomic E-state index is 0.107. The number of fused-ring (bicyclic) bond motifs is 1. The van der Waals surface area contributed by atoms with Crippen LogP contribution in [0.2, 0.25) is 0 Å². The maximum absolute atomic E-state index is 14.0. The summed E-state index contributed by atoms with van der Waals surface area (Å²) in [4.78, 5) is 3.27. The second-order valence-electron chi connectivity index (χ2n) is 5.17. The van der Waals surface area contributed by atoms with Gasteiger partial charge in [0.15, 0.2) is 0 Å². The zero-order chi connectivity index (χ0) is 15.7. The van der Waals surface area contributed by atoms with Crippen LogP contribution in [0, 0.1) is 17.5 Å². The Bertz CT molecular complexity index is 673. The summed E-state index contributed by atoms with van der Waals surface area (Å²) < 4.78 is 41.4. The van der Waals surface area contributed by atoms with Crippen molar-refractivity contribution in [2.24, 2.45) is 0 Å². The van der Waals surface area contributed by atoms with Gasteiger partial charge < -0.3 is 14.9 Å². The van der Waals surface area contributed by atoms with Crippen molar-refractivity contribution in [3.8, 4) is 0 Å². The van der Waals surface area contributed by atoms with E-state index in [9.17, 15) is 18.3 Å². The monoisotopic (exact) mass is 308 g/mol. The zero-order valence-electron chi connectivity index (χ0n) is 11.8. The van der Waals surface area contributed by atoms with E-state index in [4.69, 9.17) is 0 Å². The van der Waals surface area contributed by atoms with Gasteiger partial charge in [-0.2, -0.15) is 0 Å². The molecule has 0 saturated carbocycles. The van der Waals surface area contributed by atoms with Gasteiger partial charge in [-0.3, -0.25) is 0 Å². The standard InChI is InChI=1S/C16H15F3N2O/c17-12-4-5-15-11(8-12)9-21(10-20(15)6-7-22)16-13(18)2-1-3-14(16)19/h1-5,8,22H,6-7,9-10H2. The van der Waals surface area contributed by atoms with Crippen molar-refractivity contribution in [2.45, 2.75) is 6.54 Å². The molecule has 1 aliphatic rings. The molecule has 22 heavy (non-hydrogen) atoms. The third kappa shape index (κ3) is 2.62. The third-order valence-electron chi connectivity index (χ3n) is 3.71. The van der Waals surface area contributed by atoms with Crippen LogP contribution >= 0.6 is 0 Å². The average molecular weight is 308 g/mol. The summed E-state index contributed by atoms with van der Waals surface area (Å²) >= 11 is 0. The van der Waals surface area contributed by atoms with Crippen LogP contribution in [0.25, 0.3) is 0 Å². The van der Waals surface area contributed by atoms with Crippen LogP contribution in [0.15, 0.2) is 36.4 Å². The second kappa shape index (κ2) is 5.88. The lowest BCUT2D eigenvalue weighted by Gasteiger charge is -2.39. The van der Waals surface area contributed by atoms with E-state index in [1.54, 1.807) is 11.0 Å². The minimum Gasteiger partial charge on any atom is -0.395 e. The number of nitrogens with zero attached hydrogens (tertiary/aromatic N) is 2. The van der Waals surface area contributed by atoms with Crippen molar-refractivity contribution < 1.29 is 18.3 Å². The molecule has 1 heterocycles. The lowest BCUT2D eigenvalue weighted by atomic mass is 10.1. The first-order valence-corrected chi connectivity index (χ1v) is 6.93. The number of halogens is 3. The van der Waals surface area contributed by atoms with Crippen molar-refractivity contribution in [1.29, 1.82) is 0 Å². The first kappa shape index (κ1) is 14.7. The molecule has 0 aliphatic carbocycles. The molecule has 3 nitrogen and oxygen atoms in total. The lowest BCUT2D eigenvalue weighted by molar-refractivity contribution is 0.301. The summed E-state index contributed by atoms with van der Waals surface area (Å²) in [7, 11) is 0. The molecule has 116 valence electrons. The number of aliphatic hydroxyl groups is 1. The van der Waals surface area contributed by atoms with Crippen molar-refractivity contribution in [3.63, 3.8) is 0 Å². The third-order valence-corrected chi connectivity index (χ3v) is 3.71. The predicted octanol–water partition coefficient (Wildman–Crippen LogP) is 2.88. The molecule has 0 spiro atoms. The van der Waals surface area contributed by atoms with Crippen LogP contribution in [0.3, 0.4) is 0 Å². The van der Waals surface area contributed by atoms with E-state index in [1.165, 1.54) is 35.2 Å². The van der Waals surface area contributed by atoms with Gasteiger partial charge in [-0.1, -0.05) is 6.07 Å². The maximum Gasteiger partial charge on any atom is 0.149 e. The van der Waals surface area contributed by atoms with Crippen molar-refractivity contribution in [1.82, 2.24) is 0 Å². The molecule has 2 aromatic carbocycles. The second-order valence-corrected chi connectivity index (χ2v) is 5.17. The van der Waals surface area contributed by atoms with E-state index in [0.29, 0.717) is 12.1 Å². The van der Waals surface area contributed by atoms with Crippen molar-refractivity contribution in [2.75, 3.05) is 29.6 Å². The quantitative estimate of drug-likeness (QED) is 0.944. The van der Waals surface area contributed by atoms with E-state index in [1.807, 2.05) is 0 Å². The Morgan fingerprint density at radius 3 is 2.45 bits per heavy atom. The summed E-state index contributed by atoms with van der Waals surface area (Å²) in [6.45, 7) is 0.611. The molecule has 3 rings (SSSR count). The molecule has 0 unspecified atom stereocenters. The van der Waals surface area contributed by atoms with Gasteiger partial charge in [0.2, 0.25) is 0 Å². The molecule has 1 N–H and O–H groups in total. The molecule has 0 atom stereocenters. The van der Waals surface area contributed by atoms with Gasteiger partial charge in [-0.15, -0.1) is 0 Å². The molecule has 6 heteroatoms.